The molecule has 0 atom stereocenters. The van der Waals surface area contributed by atoms with Crippen LogP contribution >= 0.6 is 0 Å². The number of rotatable bonds is 6. The molecule has 40 heavy (non-hydrogen) atoms. The van der Waals surface area contributed by atoms with E-state index in [0.29, 0.717) is 22.5 Å². The van der Waals surface area contributed by atoms with E-state index in [2.05, 4.69) is 9.98 Å². The molecule has 0 bridgehead atoms. The summed E-state index contributed by atoms with van der Waals surface area (Å²) < 4.78 is 0. The summed E-state index contributed by atoms with van der Waals surface area (Å²) in [7, 11) is 0. The van der Waals surface area contributed by atoms with Crippen LogP contribution < -0.4 is 10.2 Å². The van der Waals surface area contributed by atoms with Crippen molar-refractivity contribution in [2.24, 2.45) is 9.98 Å². The van der Waals surface area contributed by atoms with Crippen LogP contribution in [0.1, 0.15) is 22.3 Å². The van der Waals surface area contributed by atoms with Gasteiger partial charge in [-0.2, -0.15) is 0 Å². The summed E-state index contributed by atoms with van der Waals surface area (Å²) in [4.78, 5) is 16.7. The molecule has 0 aromatic heterocycles. The predicted octanol–water partition coefficient (Wildman–Crippen LogP) is 2.94. The van der Waals surface area contributed by atoms with E-state index >= 15 is 0 Å². The molecule has 4 N–H and O–H groups in total. The summed E-state index contributed by atoms with van der Waals surface area (Å²) in [6.07, 6.45) is 3.05. The van der Waals surface area contributed by atoms with Gasteiger partial charge in [-0.25, -0.2) is 0 Å². The molecule has 0 aliphatic rings. The van der Waals surface area contributed by atoms with Gasteiger partial charge in [-0.3, -0.25) is 9.98 Å². The fourth-order valence-electron chi connectivity index (χ4n) is 2.99. The van der Waals surface area contributed by atoms with Gasteiger partial charge in [0.25, 0.3) is 0 Å². The van der Waals surface area contributed by atoms with E-state index in [1.807, 2.05) is 24.3 Å². The van der Waals surface area contributed by atoms with E-state index in [0.717, 1.165) is 11.1 Å². The van der Waals surface area contributed by atoms with Crippen LogP contribution in [-0.2, 0) is 30.0 Å². The largest absolute Gasteiger partial charge is 3.00 e. The maximum atomic E-state index is 11.5. The van der Waals surface area contributed by atoms with E-state index in [9.17, 15) is 10.2 Å². The molecular weight excluding hydrogens is 565 g/mol. The Hall–Kier alpha value is -4.59. The van der Waals surface area contributed by atoms with Gasteiger partial charge in [0.1, 0.15) is 0 Å². The Balaban J connectivity index is 0.000000643. The van der Waals surface area contributed by atoms with E-state index in [1.165, 1.54) is 24.6 Å². The third-order valence-electron chi connectivity index (χ3n) is 4.85. The van der Waals surface area contributed by atoms with Crippen molar-refractivity contribution in [2.75, 3.05) is 0 Å². The Morgan fingerprint density at radius 1 is 0.625 bits per heavy atom. The molecule has 11 nitrogen and oxygen atoms in total. The number of aliphatic imine (C=N–C) groups is 2. The van der Waals surface area contributed by atoms with Gasteiger partial charge in [-0.15, -0.1) is 11.5 Å². The summed E-state index contributed by atoms with van der Waals surface area (Å²) in [5, 5.41) is 55.9. The predicted molar refractivity (Wildman–Crippen MR) is 145 cm³/mol. The average Bonchev–Trinajstić information content (AvgIpc) is 2.92. The molecule has 4 aromatic carbocycles. The molecule has 0 aliphatic heterocycles. The number of hydrogen-bond acceptors (Lipinski definition) is 9. The molecule has 0 saturated heterocycles. The molecule has 12 heteroatoms. The fourth-order valence-corrected chi connectivity index (χ4v) is 2.99. The van der Waals surface area contributed by atoms with Crippen LogP contribution in [0.15, 0.2) is 107 Å². The van der Waals surface area contributed by atoms with Crippen molar-refractivity contribution in [2.45, 2.75) is 13.2 Å². The van der Waals surface area contributed by atoms with Crippen molar-refractivity contribution in [1.82, 2.24) is 0 Å². The molecule has 0 aliphatic carbocycles. The molecule has 0 heterocycles. The minimum absolute atomic E-state index is 0. The maximum Gasteiger partial charge on any atom is 3.00 e. The number of hydrogen-bond donors (Lipinski definition) is 2. The molecule has 0 fully saturated rings. The van der Waals surface area contributed by atoms with Gasteiger partial charge >= 0.3 is 16.8 Å². The van der Waals surface area contributed by atoms with E-state index < -0.39 is 5.09 Å². The third kappa shape index (κ3) is 12.3. The van der Waals surface area contributed by atoms with Gasteiger partial charge in [0.2, 0.25) is 0 Å². The van der Waals surface area contributed by atoms with Gasteiger partial charge in [0.15, 0.2) is 0 Å². The van der Waals surface area contributed by atoms with Crippen molar-refractivity contribution in [1.29, 1.82) is 0 Å². The smallest absolute Gasteiger partial charge is 0.872 e. The summed E-state index contributed by atoms with van der Waals surface area (Å²) in [6, 6.07) is 28.0. The third-order valence-corrected chi connectivity index (χ3v) is 4.85. The Morgan fingerprint density at radius 3 is 1.25 bits per heavy atom. The van der Waals surface area contributed by atoms with Crippen molar-refractivity contribution in [3.63, 3.8) is 0 Å². The summed E-state index contributed by atoms with van der Waals surface area (Å²) in [6.45, 7) is -0.126. The van der Waals surface area contributed by atoms with Crippen LogP contribution in [0.5, 0.6) is 11.5 Å². The van der Waals surface area contributed by atoms with Gasteiger partial charge < -0.3 is 41.2 Å². The number of benzene rings is 4. The second kappa shape index (κ2) is 19.5. The van der Waals surface area contributed by atoms with Crippen molar-refractivity contribution < 1.29 is 47.8 Å². The molecule has 0 spiro atoms. The monoisotopic (exact) mass is 591 g/mol. The first-order valence-corrected chi connectivity index (χ1v) is 11.1. The number of aliphatic hydroxyl groups excluding tert-OH is 2. The van der Waals surface area contributed by atoms with Gasteiger partial charge in [0.05, 0.1) is 29.7 Å². The van der Waals surface area contributed by atoms with Crippen LogP contribution in [0.4, 0.5) is 11.4 Å². The zero-order valence-electron chi connectivity index (χ0n) is 20.9. The first kappa shape index (κ1) is 35.4. The molecule has 4 rings (SSSR count). The van der Waals surface area contributed by atoms with Crippen molar-refractivity contribution in [3.05, 3.63) is 135 Å². The fraction of sp³-hybridized carbons (Fsp3) is 0.0714. The Labute approximate surface area is 240 Å². The maximum absolute atomic E-state index is 11.5. The summed E-state index contributed by atoms with van der Waals surface area (Å²) in [5.74, 6) is -0.115. The zero-order chi connectivity index (χ0) is 27.8. The second-order valence-electron chi connectivity index (χ2n) is 7.39. The van der Waals surface area contributed by atoms with Gasteiger partial charge in [-0.1, -0.05) is 84.9 Å². The summed E-state index contributed by atoms with van der Waals surface area (Å²) in [5.41, 5.74) is 3.93. The van der Waals surface area contributed by atoms with Gasteiger partial charge in [-0.05, 0) is 23.3 Å². The van der Waals surface area contributed by atoms with E-state index in [4.69, 9.17) is 25.5 Å². The number of nitrogens with zero attached hydrogens (tertiary/aromatic N) is 3. The normalized spacial score (nSPS) is 9.85. The first-order valence-electron chi connectivity index (χ1n) is 11.1. The molecular formula is C28H26CoN3O8. The first-order chi connectivity index (χ1) is 18.3. The molecule has 0 unspecified atom stereocenters. The molecule has 0 saturated carbocycles. The number of aliphatic hydroxyl groups is 2. The van der Waals surface area contributed by atoms with E-state index in [1.54, 1.807) is 60.7 Å². The minimum atomic E-state index is -1.75. The molecule has 0 radical (unpaired) electrons. The Kier molecular flexibility index (Phi) is 17.2. The van der Waals surface area contributed by atoms with Crippen LogP contribution in [0, 0.1) is 15.3 Å². The molecule has 4 aromatic rings. The van der Waals surface area contributed by atoms with Crippen LogP contribution in [0.25, 0.3) is 0 Å². The quantitative estimate of drug-likeness (QED) is 0.194. The Morgan fingerprint density at radius 2 is 0.925 bits per heavy atom. The van der Waals surface area contributed by atoms with Crippen LogP contribution in [0.3, 0.4) is 0 Å². The second-order valence-corrected chi connectivity index (χ2v) is 7.39. The van der Waals surface area contributed by atoms with E-state index in [-0.39, 0.29) is 47.0 Å². The van der Waals surface area contributed by atoms with Crippen molar-refractivity contribution in [3.8, 4) is 11.5 Å². The minimum Gasteiger partial charge on any atom is -0.872 e. The van der Waals surface area contributed by atoms with Gasteiger partial charge in [0, 0.05) is 23.6 Å². The van der Waals surface area contributed by atoms with Crippen molar-refractivity contribution >= 4 is 23.8 Å². The average molecular weight is 591 g/mol. The molecule has 210 valence electrons. The molecule has 0 amide bonds. The Bertz CT molecular complexity index is 1280. The SMILES string of the molecule is O.O=[N+]([O-])[O-].[Co+3].[O-]c1ccccc1C=Nc1ccccc1CO.[O-]c1ccccc1C=Nc1ccccc1CO. The van der Waals surface area contributed by atoms with Crippen LogP contribution in [0.2, 0.25) is 0 Å². The number of para-hydroxylation sites is 4. The topological polar surface area (TPSA) is 209 Å². The summed E-state index contributed by atoms with van der Waals surface area (Å²) >= 11 is 0. The zero-order valence-corrected chi connectivity index (χ0v) is 22.0. The standard InChI is InChI=1S/2C14H13NO2.Co.NO3.H2O/c2*16-10-12-6-1-3-7-13(12)15-9-11-5-2-4-8-14(11)17;;2-1(3)4;/h2*1-9,16-17H,10H2;;;1H2/q;;+3;-1;/p-2. The van der Waals surface area contributed by atoms with Crippen LogP contribution in [-0.4, -0.2) is 33.2 Å².